The van der Waals surface area contributed by atoms with E-state index in [9.17, 15) is 57.5 Å². The zero-order valence-corrected chi connectivity index (χ0v) is 31.5. The van der Waals surface area contributed by atoms with Gasteiger partial charge in [0.05, 0.1) is 6.20 Å². The molecular formula is C40H19BF20N2O. The lowest BCUT2D eigenvalue weighted by Gasteiger charge is -2.44. The minimum absolute atomic E-state index is 0.109. The normalized spacial score (nSPS) is 11.6. The molecule has 1 heterocycles. The molecule has 1 aromatic heterocycles. The topological polar surface area (TPSA) is 33.8 Å². The van der Waals surface area contributed by atoms with Crippen LogP contribution in [-0.2, 0) is 6.54 Å². The molecule has 24 heteroatoms. The van der Waals surface area contributed by atoms with E-state index in [0.29, 0.717) is 18.0 Å². The molecule has 0 radical (unpaired) electrons. The van der Waals surface area contributed by atoms with Crippen molar-refractivity contribution in [3.63, 3.8) is 0 Å². The monoisotopic (exact) mass is 934 g/mol. The van der Waals surface area contributed by atoms with E-state index in [0.717, 1.165) is 6.54 Å². The van der Waals surface area contributed by atoms with E-state index in [-0.39, 0.29) is 5.78 Å². The van der Waals surface area contributed by atoms with Crippen LogP contribution in [0.2, 0.25) is 0 Å². The lowest BCUT2D eigenvalue weighted by atomic mass is 9.12. The minimum atomic E-state index is -7.22. The molecule has 0 unspecified atom stereocenters. The maximum absolute atomic E-state index is 15.4. The zero-order chi connectivity index (χ0) is 48.0. The van der Waals surface area contributed by atoms with Gasteiger partial charge in [0.15, 0.2) is 100 Å². The summed E-state index contributed by atoms with van der Waals surface area (Å²) in [5.74, 6) is -70.9. The van der Waals surface area contributed by atoms with E-state index in [2.05, 4.69) is 17.1 Å². The second-order valence-electron chi connectivity index (χ2n) is 13.9. The SMILES string of the molecule is CC(C)CC(=O)c1c[n+](Cc2ccccc2)ccn1.Fc1c(F)c(F)c([B-](c2c(F)c(F)c(F)c(F)c2F)(c2c(F)c(F)c(F)c(F)c2F)c2c(F)c(F)c(F)c(F)c2F)c(F)c1F. The Morgan fingerprint density at radius 2 is 0.750 bits per heavy atom. The van der Waals surface area contributed by atoms with Crippen LogP contribution >= 0.6 is 0 Å². The van der Waals surface area contributed by atoms with Crippen molar-refractivity contribution in [1.82, 2.24) is 4.98 Å². The highest BCUT2D eigenvalue weighted by molar-refractivity contribution is 7.20. The number of hydrogen-bond donors (Lipinski definition) is 0. The summed E-state index contributed by atoms with van der Waals surface area (Å²) in [4.78, 5) is 16.1. The van der Waals surface area contributed by atoms with Crippen LogP contribution in [0.25, 0.3) is 0 Å². The summed E-state index contributed by atoms with van der Waals surface area (Å²) in [6, 6.07) is 10.2. The van der Waals surface area contributed by atoms with E-state index in [4.69, 9.17) is 0 Å². The van der Waals surface area contributed by atoms with Gasteiger partial charge in [-0.15, -0.1) is 21.9 Å². The van der Waals surface area contributed by atoms with E-state index in [1.807, 2.05) is 49.0 Å². The zero-order valence-electron chi connectivity index (χ0n) is 31.5. The molecule has 338 valence electrons. The molecule has 0 aliphatic carbocycles. The van der Waals surface area contributed by atoms with Crippen LogP contribution in [0.3, 0.4) is 0 Å². The third-order valence-corrected chi connectivity index (χ3v) is 9.55. The molecule has 0 atom stereocenters. The van der Waals surface area contributed by atoms with Crippen molar-refractivity contribution in [1.29, 1.82) is 0 Å². The average molecular weight is 934 g/mol. The predicted molar refractivity (Wildman–Crippen MR) is 183 cm³/mol. The van der Waals surface area contributed by atoms with E-state index in [1.54, 1.807) is 6.20 Å². The van der Waals surface area contributed by atoms with Gasteiger partial charge in [-0.25, -0.2) is 92.8 Å². The molecule has 0 saturated carbocycles. The Bertz CT molecular complexity index is 2460. The number of aromatic nitrogens is 2. The summed E-state index contributed by atoms with van der Waals surface area (Å²) in [5, 5.41) is 0. The molecule has 6 rings (SSSR count). The van der Waals surface area contributed by atoms with Gasteiger partial charge in [0, 0.05) is 12.0 Å². The molecule has 0 spiro atoms. The maximum Gasteiger partial charge on any atom is 0.200 e. The summed E-state index contributed by atoms with van der Waals surface area (Å²) in [5.41, 5.74) is -12.6. The molecule has 0 fully saturated rings. The number of Topliss-reactive ketones (excluding diaryl/α,β-unsaturated/α-hetero) is 1. The lowest BCUT2D eigenvalue weighted by Crippen LogP contribution is -2.81. The van der Waals surface area contributed by atoms with E-state index < -0.39 is 144 Å². The van der Waals surface area contributed by atoms with Crippen molar-refractivity contribution in [2.24, 2.45) is 5.92 Å². The first-order chi connectivity index (χ1) is 29.8. The molecule has 3 nitrogen and oxygen atoms in total. The third kappa shape index (κ3) is 8.01. The number of carbonyl (C=O) groups is 1. The molecule has 6 aromatic rings. The highest BCUT2D eigenvalue weighted by Gasteiger charge is 2.52. The Labute approximate surface area is 345 Å². The van der Waals surface area contributed by atoms with Crippen LogP contribution in [-0.4, -0.2) is 16.9 Å². The van der Waals surface area contributed by atoms with Crippen LogP contribution in [0.5, 0.6) is 0 Å². The van der Waals surface area contributed by atoms with Gasteiger partial charge in [-0.1, -0.05) is 44.2 Å². The summed E-state index contributed by atoms with van der Waals surface area (Å²) >= 11 is 0. The maximum atomic E-state index is 15.4. The molecule has 0 amide bonds. The van der Waals surface area contributed by atoms with Gasteiger partial charge in [-0.2, -0.15) is 4.57 Å². The first kappa shape index (κ1) is 48.5. The van der Waals surface area contributed by atoms with Crippen molar-refractivity contribution in [2.75, 3.05) is 0 Å². The van der Waals surface area contributed by atoms with Crippen molar-refractivity contribution in [2.45, 2.75) is 26.8 Å². The average Bonchev–Trinajstić information content (AvgIpc) is 3.26. The highest BCUT2D eigenvalue weighted by Crippen LogP contribution is 2.30. The fraction of sp³-hybridized carbons (Fsp3) is 0.125. The number of rotatable bonds is 9. The summed E-state index contributed by atoms with van der Waals surface area (Å²) in [6.45, 7) is 4.84. The second kappa shape index (κ2) is 18.3. The Balaban J connectivity index is 0.000000337. The highest BCUT2D eigenvalue weighted by atomic mass is 19.2. The Kier molecular flexibility index (Phi) is 13.9. The van der Waals surface area contributed by atoms with Crippen LogP contribution in [0.4, 0.5) is 87.8 Å². The Morgan fingerprint density at radius 1 is 0.469 bits per heavy atom. The van der Waals surface area contributed by atoms with Crippen molar-refractivity contribution < 1.29 is 97.2 Å². The fourth-order valence-corrected chi connectivity index (χ4v) is 6.82. The summed E-state index contributed by atoms with van der Waals surface area (Å²) < 4.78 is 296. The van der Waals surface area contributed by atoms with Gasteiger partial charge in [-0.3, -0.25) is 4.79 Å². The third-order valence-electron chi connectivity index (χ3n) is 9.55. The molecular weight excluding hydrogens is 915 g/mol. The minimum Gasteiger partial charge on any atom is -0.292 e. The molecule has 0 aliphatic heterocycles. The number of hydrogen-bond acceptors (Lipinski definition) is 2. The van der Waals surface area contributed by atoms with Gasteiger partial charge in [-0.05, 0) is 5.92 Å². The van der Waals surface area contributed by atoms with Gasteiger partial charge >= 0.3 is 0 Å². The number of halogens is 20. The van der Waals surface area contributed by atoms with Gasteiger partial charge in [0.2, 0.25) is 0 Å². The molecule has 64 heavy (non-hydrogen) atoms. The summed E-state index contributed by atoms with van der Waals surface area (Å²) in [7, 11) is 0. The lowest BCUT2D eigenvalue weighted by molar-refractivity contribution is -0.689. The molecule has 5 aromatic carbocycles. The number of ketones is 1. The first-order valence-electron chi connectivity index (χ1n) is 17.5. The Morgan fingerprint density at radius 3 is 1.03 bits per heavy atom. The number of nitrogens with zero attached hydrogens (tertiary/aromatic N) is 2. The fourth-order valence-electron chi connectivity index (χ4n) is 6.82. The van der Waals surface area contributed by atoms with Gasteiger partial charge in [0.1, 0.15) is 52.7 Å². The van der Waals surface area contributed by atoms with Crippen LogP contribution in [0, 0.1) is 122 Å². The van der Waals surface area contributed by atoms with Gasteiger partial charge < -0.3 is 0 Å². The van der Waals surface area contributed by atoms with Gasteiger partial charge in [0.25, 0.3) is 0 Å². The van der Waals surface area contributed by atoms with Crippen molar-refractivity contribution in [3.05, 3.63) is 177 Å². The van der Waals surface area contributed by atoms with Crippen LogP contribution < -0.4 is 26.4 Å². The van der Waals surface area contributed by atoms with Crippen LogP contribution in [0.1, 0.15) is 36.3 Å². The number of benzene rings is 5. The standard InChI is InChI=1S/C24BF20.C16H19N2O/c26-5-1(6(27)14(35)21(42)13(5)34)25(2-7(28)15(36)22(43)16(37)8(2)29,3-9(30)17(38)23(44)18(39)10(3)31)4-11(32)19(40)24(45)20(41)12(4)33;1-13(2)10-16(19)15-12-18(9-8-17-15)11-14-6-4-3-5-7-14/h;3-9,12-13H,10-11H2,1-2H3/q-1;+1. The molecule has 0 N–H and O–H groups in total. The largest absolute Gasteiger partial charge is 0.292 e. The Hall–Kier alpha value is -6.49. The predicted octanol–water partition coefficient (Wildman–Crippen LogP) is 8.49. The molecule has 0 saturated heterocycles. The van der Waals surface area contributed by atoms with Crippen molar-refractivity contribution >= 4 is 33.8 Å². The summed E-state index contributed by atoms with van der Waals surface area (Å²) in [6.07, 6.45) is -1.26. The smallest absolute Gasteiger partial charge is 0.200 e. The second-order valence-corrected chi connectivity index (χ2v) is 13.9. The molecule has 0 aliphatic rings. The first-order valence-corrected chi connectivity index (χ1v) is 17.5. The number of carbonyl (C=O) groups excluding carboxylic acids is 1. The van der Waals surface area contributed by atoms with Crippen molar-refractivity contribution in [3.8, 4) is 0 Å². The molecule has 0 bridgehead atoms. The van der Waals surface area contributed by atoms with E-state index in [1.165, 1.54) is 5.56 Å². The van der Waals surface area contributed by atoms with Crippen LogP contribution in [0.15, 0.2) is 48.9 Å². The van der Waals surface area contributed by atoms with E-state index >= 15 is 35.1 Å². The quantitative estimate of drug-likeness (QED) is 0.0365.